The fourth-order valence-electron chi connectivity index (χ4n) is 2.09. The van der Waals surface area contributed by atoms with Gasteiger partial charge < -0.3 is 11.1 Å². The first-order valence-corrected chi connectivity index (χ1v) is 6.58. The largest absolute Gasteiger partial charge is 0.399 e. The number of nitrogen functional groups attached to an aromatic ring is 1. The number of nitrogens with one attached hydrogen (secondary N) is 1. The van der Waals surface area contributed by atoms with Crippen LogP contribution in [0, 0.1) is 0 Å². The van der Waals surface area contributed by atoms with Gasteiger partial charge in [-0.3, -0.25) is 9.69 Å². The Kier molecular flexibility index (Phi) is 4.20. The van der Waals surface area contributed by atoms with Gasteiger partial charge in [0.15, 0.2) is 0 Å². The van der Waals surface area contributed by atoms with Crippen LogP contribution in [0.1, 0.15) is 30.1 Å². The van der Waals surface area contributed by atoms with Crippen molar-refractivity contribution in [3.8, 4) is 0 Å². The van der Waals surface area contributed by atoms with Crippen LogP contribution in [0.2, 0.25) is 0 Å². The van der Waals surface area contributed by atoms with Gasteiger partial charge in [0.1, 0.15) is 0 Å². The Morgan fingerprint density at radius 1 is 1.39 bits per heavy atom. The molecule has 1 aliphatic carbocycles. The Bertz CT molecular complexity index is 398. The lowest BCUT2D eigenvalue weighted by Gasteiger charge is -2.19. The van der Waals surface area contributed by atoms with E-state index in [0.29, 0.717) is 17.8 Å². The Balaban J connectivity index is 1.75. The molecular weight excluding hydrogens is 226 g/mol. The average Bonchev–Trinajstić information content (AvgIpc) is 3.19. The summed E-state index contributed by atoms with van der Waals surface area (Å²) < 4.78 is 0. The molecule has 3 N–H and O–H groups in total. The summed E-state index contributed by atoms with van der Waals surface area (Å²) in [6, 6.07) is 7.75. The lowest BCUT2D eigenvalue weighted by Crippen LogP contribution is -2.36. The molecule has 4 heteroatoms. The van der Waals surface area contributed by atoms with E-state index in [0.717, 1.165) is 19.1 Å². The Morgan fingerprint density at radius 3 is 2.61 bits per heavy atom. The molecule has 1 amide bonds. The number of nitrogens with two attached hydrogens (primary N) is 1. The zero-order chi connectivity index (χ0) is 13.0. The summed E-state index contributed by atoms with van der Waals surface area (Å²) in [5.41, 5.74) is 6.93. The zero-order valence-electron chi connectivity index (χ0n) is 10.9. The highest BCUT2D eigenvalue weighted by molar-refractivity contribution is 5.94. The van der Waals surface area contributed by atoms with Crippen LogP contribution in [0.25, 0.3) is 0 Å². The van der Waals surface area contributed by atoms with E-state index in [1.165, 1.54) is 12.8 Å². The maximum absolute atomic E-state index is 11.8. The number of hydrogen-bond donors (Lipinski definition) is 2. The first-order chi connectivity index (χ1) is 8.70. The van der Waals surface area contributed by atoms with Gasteiger partial charge in [0.05, 0.1) is 0 Å². The van der Waals surface area contributed by atoms with Crippen LogP contribution >= 0.6 is 0 Å². The van der Waals surface area contributed by atoms with Crippen molar-refractivity contribution < 1.29 is 4.79 Å². The number of anilines is 1. The lowest BCUT2D eigenvalue weighted by atomic mass is 10.2. The van der Waals surface area contributed by atoms with Crippen molar-refractivity contribution in [2.24, 2.45) is 0 Å². The van der Waals surface area contributed by atoms with E-state index in [9.17, 15) is 4.79 Å². The second-order valence-corrected chi connectivity index (χ2v) is 4.74. The van der Waals surface area contributed by atoms with E-state index >= 15 is 0 Å². The van der Waals surface area contributed by atoms with E-state index in [1.54, 1.807) is 24.3 Å². The molecule has 0 atom stereocenters. The van der Waals surface area contributed by atoms with E-state index < -0.39 is 0 Å². The number of nitrogens with zero attached hydrogens (tertiary/aromatic N) is 1. The van der Waals surface area contributed by atoms with Gasteiger partial charge in [0, 0.05) is 30.4 Å². The van der Waals surface area contributed by atoms with E-state index in [4.69, 9.17) is 5.73 Å². The lowest BCUT2D eigenvalue weighted by molar-refractivity contribution is 0.0948. The Morgan fingerprint density at radius 2 is 2.06 bits per heavy atom. The highest BCUT2D eigenvalue weighted by atomic mass is 16.1. The summed E-state index contributed by atoms with van der Waals surface area (Å²) in [5.74, 6) is -0.0261. The monoisotopic (exact) mass is 247 g/mol. The molecule has 1 aliphatic rings. The summed E-state index contributed by atoms with van der Waals surface area (Å²) in [6.07, 6.45) is 2.61. The number of benzene rings is 1. The SMILES string of the molecule is CCN(CCNC(=O)c1ccc(N)cc1)C1CC1. The van der Waals surface area contributed by atoms with Gasteiger partial charge in [-0.2, -0.15) is 0 Å². The maximum atomic E-state index is 11.8. The fourth-order valence-corrected chi connectivity index (χ4v) is 2.09. The third-order valence-electron chi connectivity index (χ3n) is 3.33. The number of carbonyl (C=O) groups excluding carboxylic acids is 1. The smallest absolute Gasteiger partial charge is 0.251 e. The molecule has 1 fully saturated rings. The minimum Gasteiger partial charge on any atom is -0.399 e. The predicted molar refractivity (Wildman–Crippen MR) is 73.5 cm³/mol. The van der Waals surface area contributed by atoms with Crippen molar-refractivity contribution in [1.82, 2.24) is 10.2 Å². The van der Waals surface area contributed by atoms with Gasteiger partial charge in [-0.25, -0.2) is 0 Å². The van der Waals surface area contributed by atoms with Crippen molar-refractivity contribution in [1.29, 1.82) is 0 Å². The summed E-state index contributed by atoms with van der Waals surface area (Å²) in [7, 11) is 0. The molecule has 0 aromatic heterocycles. The summed E-state index contributed by atoms with van der Waals surface area (Å²) in [6.45, 7) is 4.86. The van der Waals surface area contributed by atoms with Crippen LogP contribution in [0.15, 0.2) is 24.3 Å². The van der Waals surface area contributed by atoms with Gasteiger partial charge in [-0.15, -0.1) is 0 Å². The van der Waals surface area contributed by atoms with Crippen molar-refractivity contribution in [2.75, 3.05) is 25.4 Å². The molecule has 1 saturated carbocycles. The van der Waals surface area contributed by atoms with Crippen molar-refractivity contribution in [2.45, 2.75) is 25.8 Å². The molecular formula is C14H21N3O. The van der Waals surface area contributed by atoms with Crippen LogP contribution in [0.4, 0.5) is 5.69 Å². The standard InChI is InChI=1S/C14H21N3O/c1-2-17(13-7-8-13)10-9-16-14(18)11-3-5-12(15)6-4-11/h3-6,13H,2,7-10,15H2,1H3,(H,16,18). The summed E-state index contributed by atoms with van der Waals surface area (Å²) >= 11 is 0. The molecule has 0 heterocycles. The van der Waals surface area contributed by atoms with Crippen LogP contribution in [0.3, 0.4) is 0 Å². The molecule has 4 nitrogen and oxygen atoms in total. The molecule has 0 bridgehead atoms. The van der Waals surface area contributed by atoms with E-state index in [1.807, 2.05) is 0 Å². The van der Waals surface area contributed by atoms with E-state index in [-0.39, 0.29) is 5.91 Å². The van der Waals surface area contributed by atoms with Gasteiger partial charge in [-0.1, -0.05) is 6.92 Å². The molecule has 0 aliphatic heterocycles. The number of hydrogen-bond acceptors (Lipinski definition) is 3. The van der Waals surface area contributed by atoms with Crippen molar-refractivity contribution in [3.05, 3.63) is 29.8 Å². The quantitative estimate of drug-likeness (QED) is 0.749. The third kappa shape index (κ3) is 3.47. The Hall–Kier alpha value is -1.55. The summed E-state index contributed by atoms with van der Waals surface area (Å²) in [5, 5.41) is 2.94. The van der Waals surface area contributed by atoms with Gasteiger partial charge >= 0.3 is 0 Å². The molecule has 1 aromatic carbocycles. The molecule has 0 saturated heterocycles. The number of carbonyl (C=O) groups is 1. The zero-order valence-corrected chi connectivity index (χ0v) is 10.9. The third-order valence-corrected chi connectivity index (χ3v) is 3.33. The molecule has 2 rings (SSSR count). The minimum absolute atomic E-state index is 0.0261. The van der Waals surface area contributed by atoms with Crippen molar-refractivity contribution in [3.63, 3.8) is 0 Å². The number of likely N-dealkylation sites (N-methyl/N-ethyl adjacent to an activating group) is 1. The van der Waals surface area contributed by atoms with Gasteiger partial charge in [-0.05, 0) is 43.7 Å². The Labute approximate surface area is 108 Å². The first kappa shape index (κ1) is 12.9. The van der Waals surface area contributed by atoms with Gasteiger partial charge in [0.2, 0.25) is 0 Å². The first-order valence-electron chi connectivity index (χ1n) is 6.58. The van der Waals surface area contributed by atoms with Crippen LogP contribution < -0.4 is 11.1 Å². The maximum Gasteiger partial charge on any atom is 0.251 e. The average molecular weight is 247 g/mol. The molecule has 98 valence electrons. The predicted octanol–water partition coefficient (Wildman–Crippen LogP) is 1.48. The van der Waals surface area contributed by atoms with E-state index in [2.05, 4.69) is 17.1 Å². The molecule has 0 unspecified atom stereocenters. The van der Waals surface area contributed by atoms with Gasteiger partial charge in [0.25, 0.3) is 5.91 Å². The highest BCUT2D eigenvalue weighted by Crippen LogP contribution is 2.25. The number of rotatable bonds is 6. The minimum atomic E-state index is -0.0261. The second kappa shape index (κ2) is 5.87. The topological polar surface area (TPSA) is 58.4 Å². The summed E-state index contributed by atoms with van der Waals surface area (Å²) in [4.78, 5) is 14.3. The van der Waals surface area contributed by atoms with Crippen LogP contribution in [0.5, 0.6) is 0 Å². The molecule has 1 aromatic rings. The molecule has 0 spiro atoms. The molecule has 0 radical (unpaired) electrons. The van der Waals surface area contributed by atoms with Crippen LogP contribution in [-0.4, -0.2) is 36.5 Å². The molecule has 18 heavy (non-hydrogen) atoms. The normalized spacial score (nSPS) is 14.8. The fraction of sp³-hybridized carbons (Fsp3) is 0.500. The highest BCUT2D eigenvalue weighted by Gasteiger charge is 2.27. The number of amides is 1. The van der Waals surface area contributed by atoms with Crippen molar-refractivity contribution >= 4 is 11.6 Å². The van der Waals surface area contributed by atoms with Crippen LogP contribution in [-0.2, 0) is 0 Å². The second-order valence-electron chi connectivity index (χ2n) is 4.74.